The zero-order valence-electron chi connectivity index (χ0n) is 5.81. The van der Waals surface area contributed by atoms with Crippen molar-refractivity contribution in [3.63, 3.8) is 0 Å². The van der Waals surface area contributed by atoms with Crippen molar-refractivity contribution in [2.75, 3.05) is 0 Å². The van der Waals surface area contributed by atoms with Crippen molar-refractivity contribution in [1.29, 1.82) is 0 Å². The maximum atomic E-state index is 8.88. The molecule has 0 saturated carbocycles. The topological polar surface area (TPSA) is 226 Å². The van der Waals surface area contributed by atoms with Crippen molar-refractivity contribution in [1.82, 2.24) is 12.3 Å². The Morgan fingerprint density at radius 2 is 0.643 bits per heavy atom. The van der Waals surface area contributed by atoms with E-state index in [1.807, 2.05) is 0 Å². The van der Waals surface area contributed by atoms with Crippen molar-refractivity contribution >= 4 is 82.9 Å². The molecule has 0 bridgehead atoms. The predicted octanol–water partition coefficient (Wildman–Crippen LogP) is -3.10. The van der Waals surface area contributed by atoms with Gasteiger partial charge in [0.15, 0.2) is 0 Å². The molecule has 14 heteroatoms. The molecule has 0 heterocycles. The van der Waals surface area contributed by atoms with Crippen molar-refractivity contribution < 1.29 is 38.5 Å². The third-order valence-electron chi connectivity index (χ3n) is 0. The summed E-state index contributed by atoms with van der Waals surface area (Å²) in [7, 11) is -9.28. The van der Waals surface area contributed by atoms with E-state index in [0.29, 0.717) is 0 Å². The van der Waals surface area contributed by atoms with Crippen LogP contribution < -0.4 is 12.3 Å². The molecule has 0 radical (unpaired) electrons. The normalized spacial score (nSPS) is 8.43. The van der Waals surface area contributed by atoms with Gasteiger partial charge in [-0.25, -0.2) is 9.13 Å². The average Bonchev–Trinajstić information content (AvgIpc) is 1.12. The number of hydrogen-bond acceptors (Lipinski definition) is 4. The molecular weight excluding hydrogens is 281 g/mol. The van der Waals surface area contributed by atoms with Crippen LogP contribution in [0.25, 0.3) is 0 Å². The van der Waals surface area contributed by atoms with Gasteiger partial charge in [-0.1, -0.05) is 0 Å². The van der Waals surface area contributed by atoms with Crippen LogP contribution in [0.4, 0.5) is 0 Å². The van der Waals surface area contributed by atoms with Gasteiger partial charge in [0.2, 0.25) is 0 Å². The Balaban J connectivity index is -0.0000000178. The Morgan fingerprint density at radius 1 is 0.643 bits per heavy atom. The van der Waals surface area contributed by atoms with Crippen molar-refractivity contribution in [3.05, 3.63) is 0 Å². The molecule has 0 rings (SSSR count). The molecule has 0 atom stereocenters. The summed E-state index contributed by atoms with van der Waals surface area (Å²) in [6, 6.07) is 0. The van der Waals surface area contributed by atoms with E-state index in [0.717, 1.165) is 0 Å². The molecule has 86 valence electrons. The molecule has 0 aliphatic rings. The SMILES string of the molecule is N.N.O=P(O)(O)O.O=P(O)(O)O.[CaH2].[NaH]. The van der Waals surface area contributed by atoms with Gasteiger partial charge >= 0.3 is 82.9 Å². The number of hydrogen-bond donors (Lipinski definition) is 8. The van der Waals surface area contributed by atoms with E-state index in [1.165, 1.54) is 0 Å². The van der Waals surface area contributed by atoms with Gasteiger partial charge in [0.1, 0.15) is 0 Å². The summed E-state index contributed by atoms with van der Waals surface area (Å²) in [4.78, 5) is 43.1. The molecule has 0 saturated heterocycles. The fourth-order valence-corrected chi connectivity index (χ4v) is 0. The fraction of sp³-hybridized carbons (Fsp3) is 0. The van der Waals surface area contributed by atoms with Gasteiger partial charge in [0, 0.05) is 0 Å². The molecule has 0 aliphatic carbocycles. The average molecular weight is 296 g/mol. The molecule has 0 aliphatic heterocycles. The molecule has 0 fully saturated rings. The van der Waals surface area contributed by atoms with E-state index in [-0.39, 0.29) is 79.6 Å². The van der Waals surface area contributed by atoms with Gasteiger partial charge in [-0.3, -0.25) is 0 Å². The molecule has 14 heavy (non-hydrogen) atoms. The third kappa shape index (κ3) is 449. The van der Waals surface area contributed by atoms with Crippen LogP contribution in [0.15, 0.2) is 0 Å². The first-order valence-electron chi connectivity index (χ1n) is 1.57. The molecule has 0 spiro atoms. The number of phosphoric acid groups is 2. The Morgan fingerprint density at radius 3 is 0.643 bits per heavy atom. The summed E-state index contributed by atoms with van der Waals surface area (Å²) >= 11 is 0. The fourth-order valence-electron chi connectivity index (χ4n) is 0. The van der Waals surface area contributed by atoms with Crippen LogP contribution in [-0.4, -0.2) is 96.7 Å². The Kier molecular flexibility index (Phi) is 39.6. The number of rotatable bonds is 0. The minimum atomic E-state index is -4.64. The zero-order valence-corrected chi connectivity index (χ0v) is 7.60. The van der Waals surface area contributed by atoms with Gasteiger partial charge in [0.25, 0.3) is 0 Å². The molecule has 10 nitrogen and oxygen atoms in total. The van der Waals surface area contributed by atoms with Crippen LogP contribution in [0.1, 0.15) is 0 Å². The van der Waals surface area contributed by atoms with E-state index >= 15 is 0 Å². The molecular formula is H15CaN2NaO8P2. The summed E-state index contributed by atoms with van der Waals surface area (Å²) in [6.45, 7) is 0. The predicted molar refractivity (Wildman–Crippen MR) is 54.3 cm³/mol. The minimum absolute atomic E-state index is 0. The third-order valence-corrected chi connectivity index (χ3v) is 0. The first-order chi connectivity index (χ1) is 4.00. The molecule has 0 aromatic carbocycles. The molecule has 12 N–H and O–H groups in total. The van der Waals surface area contributed by atoms with E-state index in [2.05, 4.69) is 0 Å². The Hall–Kier alpha value is 2.40. The van der Waals surface area contributed by atoms with E-state index in [9.17, 15) is 0 Å². The van der Waals surface area contributed by atoms with Crippen LogP contribution >= 0.6 is 15.6 Å². The second-order valence-electron chi connectivity index (χ2n) is 1.03. The molecule has 0 aromatic heterocycles. The van der Waals surface area contributed by atoms with Crippen LogP contribution in [0.5, 0.6) is 0 Å². The summed E-state index contributed by atoms with van der Waals surface area (Å²) in [6.07, 6.45) is 0. The first-order valence-corrected chi connectivity index (χ1v) is 4.70. The molecule has 0 unspecified atom stereocenters. The summed E-state index contributed by atoms with van der Waals surface area (Å²) in [5, 5.41) is 0. The quantitative estimate of drug-likeness (QED) is 0.166. The second kappa shape index (κ2) is 15.4. The monoisotopic (exact) mass is 296 g/mol. The van der Waals surface area contributed by atoms with Crippen LogP contribution in [0, 0.1) is 0 Å². The van der Waals surface area contributed by atoms with Crippen LogP contribution in [-0.2, 0) is 9.13 Å². The second-order valence-corrected chi connectivity index (χ2v) is 3.08. The Labute approximate surface area is 132 Å². The van der Waals surface area contributed by atoms with Crippen LogP contribution in [0.3, 0.4) is 0 Å². The first kappa shape index (κ1) is 36.0. The summed E-state index contributed by atoms with van der Waals surface area (Å²) in [5.74, 6) is 0. The van der Waals surface area contributed by atoms with Crippen molar-refractivity contribution in [2.24, 2.45) is 0 Å². The van der Waals surface area contributed by atoms with Crippen LogP contribution in [0.2, 0.25) is 0 Å². The van der Waals surface area contributed by atoms with Gasteiger partial charge in [-0.15, -0.1) is 0 Å². The zero-order chi connectivity index (χ0) is 9.00. The maximum absolute atomic E-state index is 8.88. The molecule has 0 amide bonds. The van der Waals surface area contributed by atoms with E-state index in [1.54, 1.807) is 0 Å². The van der Waals surface area contributed by atoms with Gasteiger partial charge in [0.05, 0.1) is 0 Å². The van der Waals surface area contributed by atoms with Gasteiger partial charge in [-0.2, -0.15) is 0 Å². The summed E-state index contributed by atoms with van der Waals surface area (Å²) in [5.41, 5.74) is 0. The Bertz CT molecular complexity index is 138. The van der Waals surface area contributed by atoms with E-state index < -0.39 is 15.6 Å². The van der Waals surface area contributed by atoms with Crippen molar-refractivity contribution in [2.45, 2.75) is 0 Å². The van der Waals surface area contributed by atoms with Gasteiger partial charge < -0.3 is 41.7 Å². The van der Waals surface area contributed by atoms with Crippen molar-refractivity contribution in [3.8, 4) is 0 Å². The molecule has 0 aromatic rings. The van der Waals surface area contributed by atoms with Gasteiger partial charge in [-0.05, 0) is 0 Å². The summed E-state index contributed by atoms with van der Waals surface area (Å²) < 4.78 is 17.8. The standard InChI is InChI=1S/Ca.2H3N.Na.2H3O4P.3H/c;;;;2*1-5(2,3)4;;;/h;2*1H3;;2*(H3,1,2,3,4);;;. The van der Waals surface area contributed by atoms with E-state index in [4.69, 9.17) is 38.5 Å².